The summed E-state index contributed by atoms with van der Waals surface area (Å²) in [5.41, 5.74) is 0.0897. The Morgan fingerprint density at radius 3 is 2.76 bits per heavy atom. The van der Waals surface area contributed by atoms with Gasteiger partial charge in [-0.25, -0.2) is 4.98 Å². The van der Waals surface area contributed by atoms with Crippen LogP contribution >= 0.6 is 0 Å². The van der Waals surface area contributed by atoms with E-state index >= 15 is 0 Å². The number of anilines is 1. The van der Waals surface area contributed by atoms with Gasteiger partial charge in [-0.05, 0) is 6.42 Å². The zero-order valence-corrected chi connectivity index (χ0v) is 11.5. The lowest BCUT2D eigenvalue weighted by atomic mass is 10.4. The monoisotopic (exact) mass is 306 g/mol. The zero-order chi connectivity index (χ0) is 15.7. The fourth-order valence-corrected chi connectivity index (χ4v) is 1.33. The molecule has 118 valence electrons. The van der Waals surface area contributed by atoms with E-state index in [0.717, 1.165) is 6.42 Å². The number of hydrogen-bond donors (Lipinski definition) is 2. The Bertz CT molecular complexity index is 454. The molecule has 1 aromatic rings. The minimum Gasteiger partial charge on any atom is -0.370 e. The molecule has 0 unspecified atom stereocenters. The highest BCUT2D eigenvalue weighted by atomic mass is 19.4. The predicted molar refractivity (Wildman–Crippen MR) is 70.0 cm³/mol. The summed E-state index contributed by atoms with van der Waals surface area (Å²) in [5, 5.41) is 5.39. The molecule has 0 aliphatic carbocycles. The largest absolute Gasteiger partial charge is 0.411 e. The van der Waals surface area contributed by atoms with Crippen LogP contribution in [0.15, 0.2) is 12.4 Å². The van der Waals surface area contributed by atoms with Crippen LogP contribution in [0, 0.1) is 0 Å². The van der Waals surface area contributed by atoms with E-state index in [-0.39, 0.29) is 18.8 Å². The summed E-state index contributed by atoms with van der Waals surface area (Å²) in [7, 11) is 0. The van der Waals surface area contributed by atoms with Crippen molar-refractivity contribution >= 4 is 11.7 Å². The molecule has 0 fully saturated rings. The highest BCUT2D eigenvalue weighted by Gasteiger charge is 2.27. The Balaban J connectivity index is 2.35. The van der Waals surface area contributed by atoms with Crippen LogP contribution in [0.2, 0.25) is 0 Å². The third-order valence-corrected chi connectivity index (χ3v) is 2.22. The first-order valence-corrected chi connectivity index (χ1v) is 6.41. The Hall–Kier alpha value is -1.90. The molecule has 2 N–H and O–H groups in total. The van der Waals surface area contributed by atoms with E-state index in [1.165, 1.54) is 12.4 Å². The number of amides is 1. The second-order valence-electron chi connectivity index (χ2n) is 4.14. The lowest BCUT2D eigenvalue weighted by Crippen LogP contribution is -2.29. The van der Waals surface area contributed by atoms with Crippen LogP contribution in [-0.2, 0) is 4.74 Å². The molecule has 0 saturated carbocycles. The van der Waals surface area contributed by atoms with Crippen molar-refractivity contribution in [2.24, 2.45) is 0 Å². The topological polar surface area (TPSA) is 76.1 Å². The molecule has 1 amide bonds. The Labute approximate surface area is 120 Å². The maximum Gasteiger partial charge on any atom is 0.411 e. The van der Waals surface area contributed by atoms with Crippen LogP contribution in [0.3, 0.4) is 0 Å². The number of nitrogens with zero attached hydrogens (tertiary/aromatic N) is 2. The molecule has 0 aliphatic heterocycles. The minimum atomic E-state index is -4.37. The van der Waals surface area contributed by atoms with Crippen LogP contribution < -0.4 is 10.6 Å². The van der Waals surface area contributed by atoms with Gasteiger partial charge in [-0.2, -0.15) is 13.2 Å². The summed E-state index contributed by atoms with van der Waals surface area (Å²) in [4.78, 5) is 19.6. The summed E-state index contributed by atoms with van der Waals surface area (Å²) in [6.07, 6.45) is -0.703. The van der Waals surface area contributed by atoms with Crippen LogP contribution in [-0.4, -0.2) is 48.4 Å². The highest BCUT2D eigenvalue weighted by Crippen LogP contribution is 2.13. The van der Waals surface area contributed by atoms with Gasteiger partial charge in [-0.1, -0.05) is 6.92 Å². The molecule has 0 bridgehead atoms. The first-order valence-electron chi connectivity index (χ1n) is 6.41. The quantitative estimate of drug-likeness (QED) is 0.714. The molecule has 0 atom stereocenters. The number of carbonyl (C=O) groups is 1. The number of aromatic nitrogens is 2. The number of rotatable bonds is 8. The molecule has 1 heterocycles. The smallest absolute Gasteiger partial charge is 0.370 e. The third kappa shape index (κ3) is 7.45. The molecule has 0 saturated heterocycles. The molecule has 6 nitrogen and oxygen atoms in total. The second-order valence-corrected chi connectivity index (χ2v) is 4.14. The van der Waals surface area contributed by atoms with Gasteiger partial charge in [0.25, 0.3) is 5.91 Å². The van der Waals surface area contributed by atoms with Gasteiger partial charge in [-0.15, -0.1) is 0 Å². The maximum absolute atomic E-state index is 11.8. The molecule has 0 radical (unpaired) electrons. The number of carbonyl (C=O) groups excluding carboxylic acids is 1. The van der Waals surface area contributed by atoms with Crippen LogP contribution in [0.5, 0.6) is 0 Å². The summed E-state index contributed by atoms with van der Waals surface area (Å²) in [5.74, 6) is -0.0453. The molecule has 0 aliphatic rings. The van der Waals surface area contributed by atoms with E-state index in [0.29, 0.717) is 12.4 Å². The van der Waals surface area contributed by atoms with Crippen molar-refractivity contribution in [1.29, 1.82) is 0 Å². The SMILES string of the molecule is CCCNc1cncc(C(=O)NCCOCC(F)(F)F)n1. The standard InChI is InChI=1S/C12H17F3N4O2/c1-2-3-17-10-7-16-6-9(19-10)11(20)18-4-5-21-8-12(13,14)15/h6-7H,2-5,8H2,1H3,(H,17,19)(H,18,20). The number of alkyl halides is 3. The fraction of sp³-hybridized carbons (Fsp3) is 0.583. The van der Waals surface area contributed by atoms with Crippen molar-refractivity contribution in [2.75, 3.05) is 31.6 Å². The van der Waals surface area contributed by atoms with E-state index in [9.17, 15) is 18.0 Å². The number of hydrogen-bond acceptors (Lipinski definition) is 5. The minimum absolute atomic E-state index is 0.0385. The van der Waals surface area contributed by atoms with Crippen molar-refractivity contribution < 1.29 is 22.7 Å². The Morgan fingerprint density at radius 2 is 2.10 bits per heavy atom. The summed E-state index contributed by atoms with van der Waals surface area (Å²) in [6.45, 7) is 1.08. The van der Waals surface area contributed by atoms with Crippen LogP contribution in [0.25, 0.3) is 0 Å². The van der Waals surface area contributed by atoms with Crippen molar-refractivity contribution in [3.63, 3.8) is 0 Å². The van der Waals surface area contributed by atoms with Gasteiger partial charge in [0.2, 0.25) is 0 Å². The molecular weight excluding hydrogens is 289 g/mol. The lowest BCUT2D eigenvalue weighted by molar-refractivity contribution is -0.173. The summed E-state index contributed by atoms with van der Waals surface area (Å²) >= 11 is 0. The normalized spacial score (nSPS) is 11.2. The second kappa shape index (κ2) is 8.40. The molecule has 1 aromatic heterocycles. The first-order chi connectivity index (χ1) is 9.92. The molecule has 0 spiro atoms. The van der Waals surface area contributed by atoms with Gasteiger partial charge >= 0.3 is 6.18 Å². The van der Waals surface area contributed by atoms with Gasteiger partial charge in [-0.3, -0.25) is 9.78 Å². The molecule has 9 heteroatoms. The molecule has 1 rings (SSSR count). The average molecular weight is 306 g/mol. The van der Waals surface area contributed by atoms with Gasteiger partial charge in [0.1, 0.15) is 18.1 Å². The van der Waals surface area contributed by atoms with Crippen molar-refractivity contribution in [3.05, 3.63) is 18.1 Å². The van der Waals surface area contributed by atoms with Gasteiger partial charge in [0, 0.05) is 13.1 Å². The van der Waals surface area contributed by atoms with Crippen molar-refractivity contribution in [1.82, 2.24) is 15.3 Å². The van der Waals surface area contributed by atoms with Crippen LogP contribution in [0.4, 0.5) is 19.0 Å². The Morgan fingerprint density at radius 1 is 1.33 bits per heavy atom. The summed E-state index contributed by atoms with van der Waals surface area (Å²) < 4.78 is 39.8. The number of nitrogens with one attached hydrogen (secondary N) is 2. The van der Waals surface area contributed by atoms with Crippen molar-refractivity contribution in [3.8, 4) is 0 Å². The molecule has 21 heavy (non-hydrogen) atoms. The lowest BCUT2D eigenvalue weighted by Gasteiger charge is -2.09. The maximum atomic E-state index is 11.8. The van der Waals surface area contributed by atoms with Gasteiger partial charge < -0.3 is 15.4 Å². The van der Waals surface area contributed by atoms with Gasteiger partial charge in [0.15, 0.2) is 0 Å². The van der Waals surface area contributed by atoms with E-state index in [4.69, 9.17) is 0 Å². The Kier molecular flexibility index (Phi) is 6.86. The third-order valence-electron chi connectivity index (χ3n) is 2.22. The average Bonchev–Trinajstić information content (AvgIpc) is 2.43. The van der Waals surface area contributed by atoms with E-state index in [2.05, 4.69) is 25.3 Å². The molecule has 0 aromatic carbocycles. The van der Waals surface area contributed by atoms with Gasteiger partial charge in [0.05, 0.1) is 19.0 Å². The van der Waals surface area contributed by atoms with Crippen LogP contribution in [0.1, 0.15) is 23.8 Å². The molecular formula is C12H17F3N4O2. The van der Waals surface area contributed by atoms with E-state index < -0.39 is 18.7 Å². The van der Waals surface area contributed by atoms with E-state index in [1.54, 1.807) is 0 Å². The zero-order valence-electron chi connectivity index (χ0n) is 11.5. The first kappa shape index (κ1) is 17.2. The van der Waals surface area contributed by atoms with E-state index in [1.807, 2.05) is 6.92 Å². The predicted octanol–water partition coefficient (Wildman–Crippen LogP) is 1.61. The fourth-order valence-electron chi connectivity index (χ4n) is 1.33. The van der Waals surface area contributed by atoms with Crippen molar-refractivity contribution in [2.45, 2.75) is 19.5 Å². The number of ether oxygens (including phenoxy) is 1. The highest BCUT2D eigenvalue weighted by molar-refractivity contribution is 5.92. The number of halogens is 3. The summed E-state index contributed by atoms with van der Waals surface area (Å²) in [6, 6.07) is 0.